The first kappa shape index (κ1) is 18.3. The van der Waals surface area contributed by atoms with Crippen LogP contribution in [0.15, 0.2) is 36.4 Å². The van der Waals surface area contributed by atoms with Crippen LogP contribution in [-0.4, -0.2) is 32.8 Å². The van der Waals surface area contributed by atoms with E-state index in [-0.39, 0.29) is 9.90 Å². The van der Waals surface area contributed by atoms with Gasteiger partial charge in [-0.05, 0) is 53.3 Å². The molecule has 0 bridgehead atoms. The van der Waals surface area contributed by atoms with Crippen molar-refractivity contribution in [1.29, 1.82) is 0 Å². The van der Waals surface area contributed by atoms with Crippen molar-refractivity contribution in [1.82, 2.24) is 0 Å². The molecule has 1 aliphatic heterocycles. The van der Waals surface area contributed by atoms with E-state index in [0.29, 0.717) is 17.2 Å². The zero-order valence-electron chi connectivity index (χ0n) is 14.5. The molecule has 0 spiro atoms. The predicted octanol–water partition coefficient (Wildman–Crippen LogP) is 4.92. The van der Waals surface area contributed by atoms with Gasteiger partial charge in [0.05, 0.1) is 21.3 Å². The molecule has 25 heavy (non-hydrogen) atoms. The summed E-state index contributed by atoms with van der Waals surface area (Å²) in [6.07, 6.45) is 1.16. The van der Waals surface area contributed by atoms with Crippen molar-refractivity contribution in [2.75, 3.05) is 32.8 Å². The summed E-state index contributed by atoms with van der Waals surface area (Å²) in [5.74, 6) is 3.70. The lowest BCUT2D eigenvalue weighted by Gasteiger charge is -2.37. The fraction of sp³-hybridized carbons (Fsp3) is 0.368. The molecule has 0 N–H and O–H groups in total. The van der Waals surface area contributed by atoms with Crippen molar-refractivity contribution in [2.24, 2.45) is 0 Å². The van der Waals surface area contributed by atoms with Crippen molar-refractivity contribution in [3.63, 3.8) is 0 Å². The van der Waals surface area contributed by atoms with Crippen LogP contribution in [0.25, 0.3) is 0 Å². The van der Waals surface area contributed by atoms with E-state index in [4.69, 9.17) is 14.2 Å². The number of hydrogen-bond acceptors (Lipinski definition) is 5. The highest BCUT2D eigenvalue weighted by Crippen LogP contribution is 2.57. The van der Waals surface area contributed by atoms with E-state index in [9.17, 15) is 4.39 Å². The minimum Gasteiger partial charge on any atom is -0.493 e. The van der Waals surface area contributed by atoms with Crippen LogP contribution >= 0.6 is 23.5 Å². The van der Waals surface area contributed by atoms with Crippen LogP contribution in [0.5, 0.6) is 17.2 Å². The van der Waals surface area contributed by atoms with E-state index in [1.54, 1.807) is 21.3 Å². The molecule has 1 saturated heterocycles. The molecule has 0 saturated carbocycles. The quantitative estimate of drug-likeness (QED) is 0.734. The average molecular weight is 381 g/mol. The summed E-state index contributed by atoms with van der Waals surface area (Å²) < 4.78 is 29.6. The molecule has 0 unspecified atom stereocenters. The van der Waals surface area contributed by atoms with Crippen molar-refractivity contribution < 1.29 is 18.6 Å². The highest BCUT2D eigenvalue weighted by Gasteiger charge is 2.39. The summed E-state index contributed by atoms with van der Waals surface area (Å²) >= 11 is 3.73. The third kappa shape index (κ3) is 3.42. The highest BCUT2D eigenvalue weighted by atomic mass is 32.2. The summed E-state index contributed by atoms with van der Waals surface area (Å²) in [5, 5.41) is 0. The lowest BCUT2D eigenvalue weighted by molar-refractivity contribution is 0.324. The number of thioether (sulfide) groups is 2. The van der Waals surface area contributed by atoms with Gasteiger partial charge in [-0.25, -0.2) is 4.39 Å². The number of methoxy groups -OCH3 is 3. The minimum absolute atomic E-state index is 0.227. The van der Waals surface area contributed by atoms with Gasteiger partial charge in [-0.1, -0.05) is 12.1 Å². The largest absolute Gasteiger partial charge is 0.493 e. The molecule has 0 aliphatic carbocycles. The minimum atomic E-state index is -0.321. The van der Waals surface area contributed by atoms with Crippen LogP contribution in [0.3, 0.4) is 0 Å². The van der Waals surface area contributed by atoms with Crippen LogP contribution in [0, 0.1) is 5.82 Å². The molecule has 1 heterocycles. The molecule has 0 aromatic heterocycles. The van der Waals surface area contributed by atoms with Gasteiger partial charge in [0.25, 0.3) is 0 Å². The molecule has 134 valence electrons. The Morgan fingerprint density at radius 3 is 1.88 bits per heavy atom. The Kier molecular flexibility index (Phi) is 5.69. The molecule has 2 aromatic rings. The zero-order chi connectivity index (χ0) is 17.9. The van der Waals surface area contributed by atoms with E-state index >= 15 is 0 Å². The van der Waals surface area contributed by atoms with Crippen molar-refractivity contribution in [2.45, 2.75) is 10.5 Å². The maximum atomic E-state index is 13.4. The van der Waals surface area contributed by atoms with Gasteiger partial charge in [0.2, 0.25) is 5.75 Å². The first-order valence-corrected chi connectivity index (χ1v) is 9.96. The van der Waals surface area contributed by atoms with Gasteiger partial charge in [0.15, 0.2) is 11.5 Å². The van der Waals surface area contributed by atoms with Crippen LogP contribution in [-0.2, 0) is 4.08 Å². The van der Waals surface area contributed by atoms with Crippen LogP contribution in [0.2, 0.25) is 0 Å². The summed E-state index contributed by atoms with van der Waals surface area (Å²) in [7, 11) is 4.83. The second-order valence-electron chi connectivity index (χ2n) is 5.59. The van der Waals surface area contributed by atoms with Gasteiger partial charge in [-0.15, -0.1) is 23.5 Å². The maximum absolute atomic E-state index is 13.4. The molecule has 0 atom stereocenters. The van der Waals surface area contributed by atoms with E-state index in [1.807, 2.05) is 47.8 Å². The SMILES string of the molecule is COc1cc(C2(c3ccc(F)cc3)SCCCS2)cc(OC)c1OC. The second kappa shape index (κ2) is 7.79. The lowest BCUT2D eigenvalue weighted by Crippen LogP contribution is -2.24. The highest BCUT2D eigenvalue weighted by molar-refractivity contribution is 8.18. The topological polar surface area (TPSA) is 27.7 Å². The zero-order valence-corrected chi connectivity index (χ0v) is 16.1. The predicted molar refractivity (Wildman–Crippen MR) is 103 cm³/mol. The van der Waals surface area contributed by atoms with E-state index < -0.39 is 0 Å². The Morgan fingerprint density at radius 2 is 1.40 bits per heavy atom. The van der Waals surface area contributed by atoms with Gasteiger partial charge in [0, 0.05) is 0 Å². The normalized spacial score (nSPS) is 16.3. The van der Waals surface area contributed by atoms with E-state index in [0.717, 1.165) is 29.1 Å². The number of hydrogen-bond donors (Lipinski definition) is 0. The Hall–Kier alpha value is -1.53. The Morgan fingerprint density at radius 1 is 0.840 bits per heavy atom. The summed E-state index contributed by atoms with van der Waals surface area (Å²) in [4.78, 5) is 0. The van der Waals surface area contributed by atoms with Crippen molar-refractivity contribution >= 4 is 23.5 Å². The molecule has 2 aromatic carbocycles. The summed E-state index contributed by atoms with van der Waals surface area (Å²) in [6, 6.07) is 10.8. The van der Waals surface area contributed by atoms with Crippen molar-refractivity contribution in [3.8, 4) is 17.2 Å². The number of ether oxygens (including phenoxy) is 3. The number of rotatable bonds is 5. The molecule has 0 amide bonds. The van der Waals surface area contributed by atoms with Gasteiger partial charge >= 0.3 is 0 Å². The lowest BCUT2D eigenvalue weighted by atomic mass is 10.0. The first-order chi connectivity index (χ1) is 12.1. The van der Waals surface area contributed by atoms with Crippen LogP contribution < -0.4 is 14.2 Å². The second-order valence-corrected chi connectivity index (χ2v) is 8.46. The van der Waals surface area contributed by atoms with E-state index in [2.05, 4.69) is 0 Å². The molecule has 0 radical (unpaired) electrons. The smallest absolute Gasteiger partial charge is 0.203 e. The average Bonchev–Trinajstić information content (AvgIpc) is 2.67. The maximum Gasteiger partial charge on any atom is 0.203 e. The van der Waals surface area contributed by atoms with Gasteiger partial charge in [-0.3, -0.25) is 0 Å². The molecular formula is C19H21FO3S2. The summed E-state index contributed by atoms with van der Waals surface area (Å²) in [5.41, 5.74) is 2.13. The molecule has 3 rings (SSSR count). The van der Waals surface area contributed by atoms with E-state index in [1.165, 1.54) is 12.1 Å². The fourth-order valence-electron chi connectivity index (χ4n) is 2.97. The monoisotopic (exact) mass is 380 g/mol. The molecular weight excluding hydrogens is 359 g/mol. The van der Waals surface area contributed by atoms with Gasteiger partial charge in [-0.2, -0.15) is 0 Å². The third-order valence-corrected chi connectivity index (χ3v) is 7.62. The summed E-state index contributed by atoms with van der Waals surface area (Å²) in [6.45, 7) is 0. The Bertz CT molecular complexity index is 703. The molecule has 1 aliphatic rings. The first-order valence-electron chi connectivity index (χ1n) is 7.99. The van der Waals surface area contributed by atoms with Crippen LogP contribution in [0.4, 0.5) is 4.39 Å². The Labute approximate surface area is 156 Å². The molecule has 1 fully saturated rings. The number of benzene rings is 2. The van der Waals surface area contributed by atoms with Gasteiger partial charge in [0.1, 0.15) is 9.90 Å². The third-order valence-electron chi connectivity index (χ3n) is 4.17. The number of halogens is 1. The van der Waals surface area contributed by atoms with Gasteiger partial charge < -0.3 is 14.2 Å². The Balaban J connectivity index is 2.18. The molecule has 3 nitrogen and oxygen atoms in total. The van der Waals surface area contributed by atoms with Crippen LogP contribution in [0.1, 0.15) is 17.5 Å². The standard InChI is InChI=1S/C19H21FO3S2/c1-21-16-11-14(12-17(22-2)18(16)23-3)19(24-9-4-10-25-19)13-5-7-15(20)8-6-13/h5-8,11-12H,4,9-10H2,1-3H3. The fourth-order valence-corrected chi connectivity index (χ4v) is 6.32. The van der Waals surface area contributed by atoms with Crippen molar-refractivity contribution in [3.05, 3.63) is 53.3 Å². The molecule has 6 heteroatoms.